The summed E-state index contributed by atoms with van der Waals surface area (Å²) in [6, 6.07) is 1.87. The highest BCUT2D eigenvalue weighted by atomic mass is 31.3. The van der Waals surface area contributed by atoms with Crippen LogP contribution in [0.2, 0.25) is 0 Å². The molecule has 1 aliphatic heterocycles. The number of nitrogens with zero attached hydrogens (tertiary/aromatic N) is 5. The molecule has 0 saturated carbocycles. The van der Waals surface area contributed by atoms with E-state index in [0.29, 0.717) is 0 Å². The Balaban J connectivity index is 1.90. The van der Waals surface area contributed by atoms with Crippen molar-refractivity contribution >= 4 is 34.9 Å². The predicted octanol–water partition coefficient (Wildman–Crippen LogP) is -0.861. The fourth-order valence-corrected chi connectivity index (χ4v) is 6.48. The molecule has 1 fully saturated rings. The van der Waals surface area contributed by atoms with E-state index in [9.17, 15) is 33.9 Å². The average Bonchev–Trinajstić information content (AvgIpc) is 3.24. The van der Waals surface area contributed by atoms with Gasteiger partial charge in [0, 0.05) is 7.11 Å². The number of aliphatic hydroxyl groups is 1. The first-order chi connectivity index (χ1) is 16.0. The van der Waals surface area contributed by atoms with Gasteiger partial charge in [-0.1, -0.05) is 0 Å². The lowest BCUT2D eigenvalue weighted by molar-refractivity contribution is -0.258. The molecule has 0 aliphatic carbocycles. The smallest absolute Gasteiger partial charge is 0.388 e. The molecular weight excluding hydrogens is 541 g/mol. The number of rotatable bonds is 9. The van der Waals surface area contributed by atoms with Gasteiger partial charge in [-0.15, -0.1) is 0 Å². The molecule has 3 heterocycles. The maximum absolute atomic E-state index is 12.0. The van der Waals surface area contributed by atoms with Crippen molar-refractivity contribution in [2.75, 3.05) is 19.5 Å². The zero-order chi connectivity index (χ0) is 26.4. The van der Waals surface area contributed by atoms with Gasteiger partial charge in [0.25, 0.3) is 0 Å². The van der Waals surface area contributed by atoms with E-state index in [0.717, 1.165) is 18.0 Å². The molecule has 7 N–H and O–H groups in total. The van der Waals surface area contributed by atoms with E-state index in [4.69, 9.17) is 25.0 Å². The molecule has 0 spiro atoms. The molecule has 194 valence electrons. The maximum atomic E-state index is 12.0. The Morgan fingerprint density at radius 1 is 1.23 bits per heavy atom. The van der Waals surface area contributed by atoms with E-state index in [-0.39, 0.29) is 17.2 Å². The predicted molar refractivity (Wildman–Crippen MR) is 108 cm³/mol. The first-order valence-electron chi connectivity index (χ1n) is 9.06. The summed E-state index contributed by atoms with van der Waals surface area (Å²) in [6.07, 6.45) is -1.10. The fraction of sp³-hybridized carbons (Fsp3) is 0.538. The standard InChI is InChI=1S/C13H19N6O13P3/c1-12(5-14)9(20)7(4-29-34(24,25)32-35(26,27)31-33(21,22)23)30-13(12,28-2)8-3-16-11-10(15)17-6-18-19(8)11/h3,6-7,9,20H,4H2,1-2H3,(H,24,25)(H,26,27)(H2,15,17,18)(H2,21,22,23)/t7-,9-,12?,13+/m0/s1. The number of hydrogen-bond donors (Lipinski definition) is 6. The van der Waals surface area contributed by atoms with Crippen LogP contribution in [-0.2, 0) is 42.1 Å². The SMILES string of the molecule is CO[C@]1(c2cnc3c(N)ncnn23)O[C@@H](COP(=O)(O)OP(=O)(O)OP(=O)(O)O)[C@H](O)C1(C)C#N. The molecular formula is C13H19N6O13P3. The molecule has 1 saturated heterocycles. The van der Waals surface area contributed by atoms with Crippen molar-refractivity contribution in [2.24, 2.45) is 5.41 Å². The number of aliphatic hydroxyl groups excluding tert-OH is 1. The van der Waals surface area contributed by atoms with Crippen molar-refractivity contribution in [1.82, 2.24) is 19.6 Å². The number of anilines is 1. The molecule has 35 heavy (non-hydrogen) atoms. The second-order valence-corrected chi connectivity index (χ2v) is 11.6. The van der Waals surface area contributed by atoms with Gasteiger partial charge in [0.15, 0.2) is 11.5 Å². The number of aromatic nitrogens is 4. The van der Waals surface area contributed by atoms with Crippen molar-refractivity contribution < 1.29 is 61.0 Å². The summed E-state index contributed by atoms with van der Waals surface area (Å²) in [5.74, 6) is -2.13. The minimum atomic E-state index is -5.77. The highest BCUT2D eigenvalue weighted by molar-refractivity contribution is 7.66. The maximum Gasteiger partial charge on any atom is 0.490 e. The molecule has 19 nitrogen and oxygen atoms in total. The Morgan fingerprint density at radius 2 is 1.89 bits per heavy atom. The van der Waals surface area contributed by atoms with Gasteiger partial charge in [-0.25, -0.2) is 28.2 Å². The fourth-order valence-electron chi connectivity index (χ4n) is 3.45. The summed E-state index contributed by atoms with van der Waals surface area (Å²) in [7, 11) is -15.8. The second kappa shape index (κ2) is 9.21. The third kappa shape index (κ3) is 5.17. The van der Waals surface area contributed by atoms with Crippen molar-refractivity contribution in [1.29, 1.82) is 5.26 Å². The number of nitriles is 1. The molecule has 3 rings (SSSR count). The number of nitrogens with two attached hydrogens (primary N) is 1. The molecule has 2 aromatic heterocycles. The summed E-state index contributed by atoms with van der Waals surface area (Å²) in [5, 5.41) is 24.7. The van der Waals surface area contributed by atoms with Gasteiger partial charge in [-0.2, -0.15) is 19.0 Å². The lowest BCUT2D eigenvalue weighted by Gasteiger charge is -2.36. The molecule has 1 aliphatic rings. The van der Waals surface area contributed by atoms with E-state index in [2.05, 4.69) is 28.2 Å². The van der Waals surface area contributed by atoms with Crippen LogP contribution in [0.5, 0.6) is 0 Å². The molecule has 3 unspecified atom stereocenters. The molecule has 0 bridgehead atoms. The van der Waals surface area contributed by atoms with Crippen LogP contribution >= 0.6 is 23.5 Å². The van der Waals surface area contributed by atoms with E-state index in [1.165, 1.54) is 13.1 Å². The topological polar surface area (TPSA) is 291 Å². The highest BCUT2D eigenvalue weighted by Gasteiger charge is 2.67. The van der Waals surface area contributed by atoms with E-state index >= 15 is 0 Å². The average molecular weight is 560 g/mol. The molecule has 0 aromatic carbocycles. The Labute approximate surface area is 195 Å². The van der Waals surface area contributed by atoms with Gasteiger partial charge in [0.2, 0.25) is 5.79 Å². The lowest BCUT2D eigenvalue weighted by Crippen LogP contribution is -2.47. The van der Waals surface area contributed by atoms with Gasteiger partial charge < -0.3 is 39.9 Å². The van der Waals surface area contributed by atoms with Gasteiger partial charge in [0.1, 0.15) is 29.6 Å². The van der Waals surface area contributed by atoms with E-state index in [1.807, 2.05) is 6.07 Å². The Kier molecular flexibility index (Phi) is 7.30. The molecule has 6 atom stereocenters. The normalized spacial score (nSPS) is 30.6. The van der Waals surface area contributed by atoms with Crippen molar-refractivity contribution in [3.05, 3.63) is 18.2 Å². The van der Waals surface area contributed by atoms with Crippen LogP contribution in [0.15, 0.2) is 12.5 Å². The largest absolute Gasteiger partial charge is 0.490 e. The van der Waals surface area contributed by atoms with Crippen LogP contribution in [0.3, 0.4) is 0 Å². The first kappa shape index (κ1) is 27.7. The third-order valence-electron chi connectivity index (χ3n) is 4.95. The number of phosphoric ester groups is 1. The van der Waals surface area contributed by atoms with Crippen molar-refractivity contribution in [2.45, 2.75) is 24.9 Å². The summed E-state index contributed by atoms with van der Waals surface area (Å²) >= 11 is 0. The lowest BCUT2D eigenvalue weighted by atomic mass is 9.77. The minimum Gasteiger partial charge on any atom is -0.388 e. The van der Waals surface area contributed by atoms with E-state index < -0.39 is 53.5 Å². The number of imidazole rings is 1. The van der Waals surface area contributed by atoms with Gasteiger partial charge in [-0.05, 0) is 6.92 Å². The highest BCUT2D eigenvalue weighted by Crippen LogP contribution is 2.66. The Morgan fingerprint density at radius 3 is 2.46 bits per heavy atom. The third-order valence-corrected chi connectivity index (χ3v) is 8.75. The van der Waals surface area contributed by atoms with Crippen LogP contribution in [0.4, 0.5) is 5.82 Å². The van der Waals surface area contributed by atoms with Crippen LogP contribution in [0.1, 0.15) is 12.6 Å². The number of phosphoric acid groups is 3. The number of nitrogen functional groups attached to an aromatic ring is 1. The molecule has 22 heteroatoms. The summed E-state index contributed by atoms with van der Waals surface area (Å²) in [5.41, 5.74) is 3.88. The molecule has 0 amide bonds. The van der Waals surface area contributed by atoms with Crippen molar-refractivity contribution in [3.63, 3.8) is 0 Å². The Bertz CT molecular complexity index is 1310. The Hall–Kier alpha value is -1.87. The molecule has 2 aromatic rings. The van der Waals surface area contributed by atoms with Crippen LogP contribution in [-0.4, -0.2) is 70.2 Å². The second-order valence-electron chi connectivity index (χ2n) is 7.15. The van der Waals surface area contributed by atoms with Crippen molar-refractivity contribution in [3.8, 4) is 6.07 Å². The zero-order valence-electron chi connectivity index (χ0n) is 17.7. The monoisotopic (exact) mass is 560 g/mol. The van der Waals surface area contributed by atoms with Crippen LogP contribution < -0.4 is 5.73 Å². The van der Waals surface area contributed by atoms with Gasteiger partial charge >= 0.3 is 23.5 Å². The zero-order valence-corrected chi connectivity index (χ0v) is 20.4. The van der Waals surface area contributed by atoms with E-state index in [1.54, 1.807) is 0 Å². The number of ether oxygens (including phenoxy) is 2. The number of fused-ring (bicyclic) bond motifs is 1. The summed E-state index contributed by atoms with van der Waals surface area (Å²) < 4.78 is 58.4. The van der Waals surface area contributed by atoms with Gasteiger partial charge in [0.05, 0.1) is 18.9 Å². The molecule has 0 radical (unpaired) electrons. The van der Waals surface area contributed by atoms with Gasteiger partial charge in [-0.3, -0.25) is 4.52 Å². The summed E-state index contributed by atoms with van der Waals surface area (Å²) in [4.78, 5) is 43.9. The quantitative estimate of drug-likeness (QED) is 0.203. The minimum absolute atomic E-state index is 0.0203. The first-order valence-corrected chi connectivity index (χ1v) is 13.6. The van der Waals surface area contributed by atoms with Crippen LogP contribution in [0.25, 0.3) is 5.65 Å². The number of methoxy groups -OCH3 is 1. The van der Waals surface area contributed by atoms with Crippen LogP contribution in [0, 0.1) is 16.7 Å². The summed E-state index contributed by atoms with van der Waals surface area (Å²) in [6.45, 7) is 0.205. The number of hydrogen-bond acceptors (Lipinski definition) is 14.